The smallest absolute Gasteiger partial charge is 0.116 e. The number of nitrogens with zero attached hydrogens (tertiary/aromatic N) is 3. The second-order valence-electron chi connectivity index (χ2n) is 2.51. The third kappa shape index (κ3) is 2.54. The summed E-state index contributed by atoms with van der Waals surface area (Å²) < 4.78 is 12.6. The normalized spacial score (nSPS) is 35.6. The van der Waals surface area contributed by atoms with Gasteiger partial charge in [0, 0.05) is 17.0 Å². The highest BCUT2D eigenvalue weighted by molar-refractivity contribution is 5.85. The van der Waals surface area contributed by atoms with Crippen molar-refractivity contribution in [3.05, 3.63) is 10.4 Å². The summed E-state index contributed by atoms with van der Waals surface area (Å²) in [5.74, 6) is 0. The number of rotatable bonds is 1. The van der Waals surface area contributed by atoms with Crippen LogP contribution in [0.4, 0.5) is 4.39 Å². The van der Waals surface area contributed by atoms with Crippen molar-refractivity contribution in [2.24, 2.45) is 10.8 Å². The highest BCUT2D eigenvalue weighted by Gasteiger charge is 2.30. The fourth-order valence-corrected chi connectivity index (χ4v) is 1.16. The highest BCUT2D eigenvalue weighted by Crippen LogP contribution is 2.23. The van der Waals surface area contributed by atoms with Crippen molar-refractivity contribution >= 4 is 12.4 Å². The lowest BCUT2D eigenvalue weighted by Gasteiger charge is -2.01. The Kier molecular flexibility index (Phi) is 4.18. The van der Waals surface area contributed by atoms with Gasteiger partial charge in [-0.2, -0.15) is 0 Å². The summed E-state index contributed by atoms with van der Waals surface area (Å²) >= 11 is 0. The van der Waals surface area contributed by atoms with Gasteiger partial charge in [-0.3, -0.25) is 0 Å². The van der Waals surface area contributed by atoms with Crippen LogP contribution in [0.15, 0.2) is 5.11 Å². The molecule has 64 valence electrons. The second kappa shape index (κ2) is 4.38. The van der Waals surface area contributed by atoms with Gasteiger partial charge in [-0.15, -0.1) is 12.4 Å². The maximum atomic E-state index is 12.6. The Labute approximate surface area is 70.0 Å². The Morgan fingerprint density at radius 3 is 2.55 bits per heavy atom. The summed E-state index contributed by atoms with van der Waals surface area (Å²) in [6, 6.07) is -0.662. The first-order chi connectivity index (χ1) is 4.74. The maximum absolute atomic E-state index is 12.6. The summed E-state index contributed by atoms with van der Waals surface area (Å²) in [5.41, 5.74) is 13.3. The van der Waals surface area contributed by atoms with E-state index in [-0.39, 0.29) is 24.9 Å². The molecule has 0 spiro atoms. The maximum Gasteiger partial charge on any atom is 0.116 e. The lowest BCUT2D eigenvalue weighted by molar-refractivity contribution is 0.311. The van der Waals surface area contributed by atoms with Crippen LogP contribution in [0.1, 0.15) is 12.8 Å². The van der Waals surface area contributed by atoms with Crippen molar-refractivity contribution in [3.8, 4) is 0 Å². The van der Waals surface area contributed by atoms with E-state index in [1.807, 2.05) is 0 Å². The van der Waals surface area contributed by atoms with Crippen molar-refractivity contribution in [2.75, 3.05) is 0 Å². The van der Waals surface area contributed by atoms with Crippen molar-refractivity contribution in [3.63, 3.8) is 0 Å². The summed E-state index contributed by atoms with van der Waals surface area (Å²) in [6.07, 6.45) is -0.230. The van der Waals surface area contributed by atoms with Crippen LogP contribution in [0.3, 0.4) is 0 Å². The Balaban J connectivity index is 0.000001000. The Morgan fingerprint density at radius 1 is 1.55 bits per heavy atom. The molecule has 3 atom stereocenters. The van der Waals surface area contributed by atoms with Gasteiger partial charge in [0.25, 0.3) is 0 Å². The van der Waals surface area contributed by atoms with E-state index in [0.717, 1.165) is 0 Å². The molecule has 0 bridgehead atoms. The quantitative estimate of drug-likeness (QED) is 0.371. The van der Waals surface area contributed by atoms with Crippen LogP contribution >= 0.6 is 12.4 Å². The molecule has 0 heterocycles. The van der Waals surface area contributed by atoms with Crippen LogP contribution < -0.4 is 5.73 Å². The van der Waals surface area contributed by atoms with E-state index >= 15 is 0 Å². The Hall–Kier alpha value is -0.510. The molecule has 1 aliphatic carbocycles. The van der Waals surface area contributed by atoms with Crippen LogP contribution in [0.2, 0.25) is 0 Å². The van der Waals surface area contributed by atoms with Gasteiger partial charge >= 0.3 is 0 Å². The van der Waals surface area contributed by atoms with Crippen LogP contribution in [0.5, 0.6) is 0 Å². The molecule has 1 rings (SSSR count). The van der Waals surface area contributed by atoms with E-state index in [0.29, 0.717) is 6.42 Å². The summed E-state index contributed by atoms with van der Waals surface area (Å²) in [7, 11) is 0. The predicted molar refractivity (Wildman–Crippen MR) is 42.3 cm³/mol. The molecule has 0 aromatic heterocycles. The van der Waals surface area contributed by atoms with E-state index in [9.17, 15) is 4.39 Å². The minimum absolute atomic E-state index is 0. The molecule has 11 heavy (non-hydrogen) atoms. The molecule has 0 aromatic rings. The molecular formula is C5H10ClFN4. The Morgan fingerprint density at radius 2 is 2.18 bits per heavy atom. The van der Waals surface area contributed by atoms with E-state index < -0.39 is 12.2 Å². The topological polar surface area (TPSA) is 74.8 Å². The molecule has 0 aromatic carbocycles. The molecular weight excluding hydrogens is 171 g/mol. The number of halogens is 2. The second-order valence-corrected chi connectivity index (χ2v) is 2.51. The van der Waals surface area contributed by atoms with E-state index in [2.05, 4.69) is 10.0 Å². The van der Waals surface area contributed by atoms with Gasteiger partial charge in [-0.1, -0.05) is 5.11 Å². The van der Waals surface area contributed by atoms with E-state index in [4.69, 9.17) is 11.3 Å². The number of alkyl halides is 1. The zero-order valence-electron chi connectivity index (χ0n) is 5.85. The lowest BCUT2D eigenvalue weighted by Crippen LogP contribution is -2.25. The van der Waals surface area contributed by atoms with Gasteiger partial charge in [-0.05, 0) is 18.4 Å². The highest BCUT2D eigenvalue weighted by atomic mass is 35.5. The first-order valence-corrected chi connectivity index (χ1v) is 3.18. The molecule has 1 fully saturated rings. The van der Waals surface area contributed by atoms with E-state index in [1.165, 1.54) is 0 Å². The van der Waals surface area contributed by atoms with Crippen LogP contribution in [0, 0.1) is 0 Å². The predicted octanol–water partition coefficient (Wildman–Crippen LogP) is 1.55. The average Bonchev–Trinajstić information content (AvgIpc) is 2.14. The standard InChI is InChI=1S/C5H9FN4.ClH/c6-4-1-3(9-10-8)2-5(4)7;/h3-5H,1-2,7H2;1H. The van der Waals surface area contributed by atoms with Gasteiger partial charge < -0.3 is 5.73 Å². The lowest BCUT2D eigenvalue weighted by atomic mass is 10.2. The monoisotopic (exact) mass is 180 g/mol. The molecule has 0 amide bonds. The molecule has 6 heteroatoms. The molecule has 1 aliphatic rings. The minimum Gasteiger partial charge on any atom is -0.325 e. The largest absolute Gasteiger partial charge is 0.325 e. The summed E-state index contributed by atoms with van der Waals surface area (Å²) in [5, 5.41) is 3.38. The molecule has 1 saturated carbocycles. The van der Waals surface area contributed by atoms with Crippen molar-refractivity contribution in [2.45, 2.75) is 31.1 Å². The average molecular weight is 181 g/mol. The molecule has 4 nitrogen and oxygen atoms in total. The summed E-state index contributed by atoms with van der Waals surface area (Å²) in [6.45, 7) is 0. The number of azide groups is 1. The number of nitrogens with two attached hydrogens (primary N) is 1. The third-order valence-electron chi connectivity index (χ3n) is 1.72. The first-order valence-electron chi connectivity index (χ1n) is 3.18. The van der Waals surface area contributed by atoms with E-state index in [1.54, 1.807) is 0 Å². The van der Waals surface area contributed by atoms with Gasteiger partial charge in [0.2, 0.25) is 0 Å². The fourth-order valence-electron chi connectivity index (χ4n) is 1.16. The van der Waals surface area contributed by atoms with Crippen molar-refractivity contribution in [1.29, 1.82) is 0 Å². The van der Waals surface area contributed by atoms with Gasteiger partial charge in [0.1, 0.15) is 6.17 Å². The molecule has 3 unspecified atom stereocenters. The molecule has 0 aliphatic heterocycles. The Bertz CT molecular complexity index is 160. The molecule has 0 radical (unpaired) electrons. The van der Waals surface area contributed by atoms with Crippen molar-refractivity contribution < 1.29 is 4.39 Å². The van der Waals surface area contributed by atoms with Crippen LogP contribution in [0.25, 0.3) is 10.4 Å². The SMILES string of the molecule is Cl.[N-]=[N+]=NC1CC(N)C(F)C1. The van der Waals surface area contributed by atoms with Gasteiger partial charge in [0.15, 0.2) is 0 Å². The minimum atomic E-state index is -0.990. The van der Waals surface area contributed by atoms with Gasteiger partial charge in [0.05, 0.1) is 0 Å². The zero-order valence-corrected chi connectivity index (χ0v) is 6.67. The molecule has 2 N–H and O–H groups in total. The zero-order chi connectivity index (χ0) is 7.56. The first kappa shape index (κ1) is 10.5. The summed E-state index contributed by atoms with van der Waals surface area (Å²) in [4.78, 5) is 2.59. The third-order valence-corrected chi connectivity index (χ3v) is 1.72. The van der Waals surface area contributed by atoms with Crippen LogP contribution in [-0.2, 0) is 0 Å². The fraction of sp³-hybridized carbons (Fsp3) is 1.00. The molecule has 0 saturated heterocycles. The van der Waals surface area contributed by atoms with Gasteiger partial charge in [-0.25, -0.2) is 4.39 Å². The number of hydrogen-bond acceptors (Lipinski definition) is 2. The number of hydrogen-bond donors (Lipinski definition) is 1. The van der Waals surface area contributed by atoms with Crippen molar-refractivity contribution in [1.82, 2.24) is 0 Å². The van der Waals surface area contributed by atoms with Crippen LogP contribution in [-0.4, -0.2) is 18.3 Å².